The average Bonchev–Trinajstić information content (AvgIpc) is 2.44. The molecule has 0 spiro atoms. The van der Waals surface area contributed by atoms with Crippen molar-refractivity contribution in [1.29, 1.82) is 0 Å². The van der Waals surface area contributed by atoms with Crippen LogP contribution in [0.3, 0.4) is 0 Å². The molecule has 0 aromatic rings. The third-order valence-electron chi connectivity index (χ3n) is 4.25. The third-order valence-corrected chi connectivity index (χ3v) is 4.25. The molecule has 0 saturated heterocycles. The molecule has 0 fully saturated rings. The van der Waals surface area contributed by atoms with E-state index in [1.807, 2.05) is 0 Å². The summed E-state index contributed by atoms with van der Waals surface area (Å²) in [5.74, 6) is 0. The minimum Gasteiger partial charge on any atom is -0.0920 e. The standard InChI is InChI=1S/C18H32B/c1-8-14(3)16(5)17(6)18(15(4)9-2)12-10-11-13-19-7/h8H,9-13H2,1-7H3/b14-8-,17-16-,18-15-. The summed E-state index contributed by atoms with van der Waals surface area (Å²) in [7, 11) is 2.27. The van der Waals surface area contributed by atoms with Crippen LogP contribution in [0.5, 0.6) is 0 Å². The van der Waals surface area contributed by atoms with E-state index in [1.54, 1.807) is 11.1 Å². The van der Waals surface area contributed by atoms with Crippen LogP contribution in [0.15, 0.2) is 33.9 Å². The van der Waals surface area contributed by atoms with E-state index in [9.17, 15) is 0 Å². The molecule has 0 aliphatic carbocycles. The van der Waals surface area contributed by atoms with Crippen LogP contribution in [-0.4, -0.2) is 7.28 Å². The Balaban J connectivity index is 5.08. The molecule has 0 aliphatic heterocycles. The summed E-state index contributed by atoms with van der Waals surface area (Å²) in [6.45, 7) is 15.6. The Hall–Kier alpha value is -0.715. The zero-order valence-electron chi connectivity index (χ0n) is 14.2. The molecule has 1 radical (unpaired) electrons. The summed E-state index contributed by atoms with van der Waals surface area (Å²) in [6.07, 6.45) is 8.46. The van der Waals surface area contributed by atoms with E-state index in [0.29, 0.717) is 0 Å². The van der Waals surface area contributed by atoms with Crippen molar-refractivity contribution in [3.63, 3.8) is 0 Å². The first-order valence-electron chi connectivity index (χ1n) is 7.77. The molecule has 0 heterocycles. The molecule has 19 heavy (non-hydrogen) atoms. The van der Waals surface area contributed by atoms with Crippen LogP contribution in [0.4, 0.5) is 0 Å². The van der Waals surface area contributed by atoms with Crippen molar-refractivity contribution in [3.8, 4) is 0 Å². The number of allylic oxidation sites excluding steroid dienone is 6. The summed E-state index contributed by atoms with van der Waals surface area (Å²) in [5, 5.41) is 0. The van der Waals surface area contributed by atoms with Crippen molar-refractivity contribution >= 4 is 7.28 Å². The molecular formula is C18H32B. The fourth-order valence-corrected chi connectivity index (χ4v) is 2.32. The zero-order chi connectivity index (χ0) is 14.8. The number of hydrogen-bond donors (Lipinski definition) is 0. The van der Waals surface area contributed by atoms with E-state index >= 15 is 0 Å². The lowest BCUT2D eigenvalue weighted by Crippen LogP contribution is -1.97. The second kappa shape index (κ2) is 10.1. The van der Waals surface area contributed by atoms with Crippen LogP contribution in [-0.2, 0) is 0 Å². The van der Waals surface area contributed by atoms with Gasteiger partial charge in [0.1, 0.15) is 7.28 Å². The van der Waals surface area contributed by atoms with Crippen molar-refractivity contribution in [2.24, 2.45) is 0 Å². The average molecular weight is 259 g/mol. The highest BCUT2D eigenvalue weighted by atomic mass is 14.1. The zero-order valence-corrected chi connectivity index (χ0v) is 14.2. The van der Waals surface area contributed by atoms with E-state index in [0.717, 1.165) is 6.42 Å². The Labute approximate surface area is 122 Å². The Morgan fingerprint density at radius 1 is 1.00 bits per heavy atom. The van der Waals surface area contributed by atoms with Crippen LogP contribution >= 0.6 is 0 Å². The van der Waals surface area contributed by atoms with Gasteiger partial charge in [0.25, 0.3) is 0 Å². The van der Waals surface area contributed by atoms with Gasteiger partial charge in [-0.15, -0.1) is 0 Å². The van der Waals surface area contributed by atoms with Gasteiger partial charge in [-0.2, -0.15) is 0 Å². The molecule has 0 bridgehead atoms. The van der Waals surface area contributed by atoms with E-state index < -0.39 is 0 Å². The molecule has 0 aliphatic rings. The quantitative estimate of drug-likeness (QED) is 0.270. The maximum Gasteiger partial charge on any atom is 0.105 e. The first-order chi connectivity index (χ1) is 8.99. The minimum absolute atomic E-state index is 1.16. The van der Waals surface area contributed by atoms with Crippen molar-refractivity contribution in [2.45, 2.75) is 80.4 Å². The molecule has 0 saturated carbocycles. The van der Waals surface area contributed by atoms with Gasteiger partial charge < -0.3 is 0 Å². The molecule has 107 valence electrons. The van der Waals surface area contributed by atoms with E-state index in [1.165, 1.54) is 42.3 Å². The van der Waals surface area contributed by atoms with Gasteiger partial charge in [0.2, 0.25) is 0 Å². The molecule has 0 N–H and O–H groups in total. The third kappa shape index (κ3) is 6.32. The van der Waals surface area contributed by atoms with Gasteiger partial charge in [-0.3, -0.25) is 0 Å². The van der Waals surface area contributed by atoms with Crippen LogP contribution in [0.25, 0.3) is 0 Å². The summed E-state index contributed by atoms with van der Waals surface area (Å²) < 4.78 is 0. The number of hydrogen-bond acceptors (Lipinski definition) is 0. The highest BCUT2D eigenvalue weighted by molar-refractivity contribution is 6.33. The summed E-state index contributed by atoms with van der Waals surface area (Å²) in [5.41, 5.74) is 7.50. The summed E-state index contributed by atoms with van der Waals surface area (Å²) in [6, 6.07) is 0. The van der Waals surface area contributed by atoms with Crippen LogP contribution < -0.4 is 0 Å². The molecule has 0 unspecified atom stereocenters. The molecule has 0 aromatic carbocycles. The van der Waals surface area contributed by atoms with Crippen molar-refractivity contribution < 1.29 is 0 Å². The number of rotatable bonds is 8. The van der Waals surface area contributed by atoms with E-state index in [2.05, 4.69) is 61.7 Å². The SMILES string of the molecule is C[B]CCCCC(=C(\C)CC)/C(C)=C(C)\C(C)=C/C. The lowest BCUT2D eigenvalue weighted by atomic mass is 9.76. The fraction of sp³-hybridized carbons (Fsp3) is 0.667. The maximum atomic E-state index is 2.29. The highest BCUT2D eigenvalue weighted by Crippen LogP contribution is 2.28. The van der Waals surface area contributed by atoms with Gasteiger partial charge in [0.05, 0.1) is 0 Å². The van der Waals surface area contributed by atoms with Crippen molar-refractivity contribution in [3.05, 3.63) is 33.9 Å². The first-order valence-corrected chi connectivity index (χ1v) is 7.77. The van der Waals surface area contributed by atoms with Gasteiger partial charge in [0, 0.05) is 0 Å². The van der Waals surface area contributed by atoms with Crippen LogP contribution in [0.2, 0.25) is 13.1 Å². The number of unbranched alkanes of at least 4 members (excludes halogenated alkanes) is 1. The molecule has 0 nitrogen and oxygen atoms in total. The van der Waals surface area contributed by atoms with Gasteiger partial charge in [-0.25, -0.2) is 0 Å². The summed E-state index contributed by atoms with van der Waals surface area (Å²) in [4.78, 5) is 0. The smallest absolute Gasteiger partial charge is 0.0920 e. The van der Waals surface area contributed by atoms with Crippen molar-refractivity contribution in [1.82, 2.24) is 0 Å². The van der Waals surface area contributed by atoms with Crippen molar-refractivity contribution in [2.75, 3.05) is 0 Å². The van der Waals surface area contributed by atoms with Gasteiger partial charge >= 0.3 is 0 Å². The second-order valence-electron chi connectivity index (χ2n) is 5.49. The molecule has 1 heteroatoms. The Bertz CT molecular complexity index is 356. The molecule has 0 amide bonds. The Kier molecular flexibility index (Phi) is 9.74. The van der Waals surface area contributed by atoms with Gasteiger partial charge in [0.15, 0.2) is 0 Å². The first kappa shape index (κ1) is 18.3. The lowest BCUT2D eigenvalue weighted by Gasteiger charge is -2.16. The molecular weight excluding hydrogens is 227 g/mol. The monoisotopic (exact) mass is 259 g/mol. The second-order valence-corrected chi connectivity index (χ2v) is 5.49. The normalized spacial score (nSPS) is 15.0. The Morgan fingerprint density at radius 3 is 2.11 bits per heavy atom. The Morgan fingerprint density at radius 2 is 1.63 bits per heavy atom. The summed E-state index contributed by atoms with van der Waals surface area (Å²) >= 11 is 0. The minimum atomic E-state index is 1.16. The highest BCUT2D eigenvalue weighted by Gasteiger charge is 2.08. The molecule has 0 atom stereocenters. The molecule has 0 rings (SSSR count). The van der Waals surface area contributed by atoms with Crippen LogP contribution in [0.1, 0.15) is 67.2 Å². The predicted molar refractivity (Wildman–Crippen MR) is 91.1 cm³/mol. The predicted octanol–water partition coefficient (Wildman–Crippen LogP) is 6.36. The largest absolute Gasteiger partial charge is 0.105 e. The van der Waals surface area contributed by atoms with E-state index in [4.69, 9.17) is 0 Å². The van der Waals surface area contributed by atoms with E-state index in [-0.39, 0.29) is 0 Å². The fourth-order valence-electron chi connectivity index (χ4n) is 2.32. The lowest BCUT2D eigenvalue weighted by molar-refractivity contribution is 0.775. The van der Waals surface area contributed by atoms with Crippen LogP contribution in [0, 0.1) is 0 Å². The van der Waals surface area contributed by atoms with Gasteiger partial charge in [-0.05, 0) is 70.6 Å². The topological polar surface area (TPSA) is 0 Å². The maximum absolute atomic E-state index is 2.29. The van der Waals surface area contributed by atoms with Gasteiger partial charge in [-0.1, -0.05) is 43.7 Å². The molecule has 0 aromatic heterocycles.